The van der Waals surface area contributed by atoms with E-state index in [2.05, 4.69) is 11.0 Å². The highest BCUT2D eigenvalue weighted by Crippen LogP contribution is 2.33. The largest absolute Gasteiger partial charge is 0.490 e. The fourth-order valence-electron chi connectivity index (χ4n) is 3.46. The molecule has 1 saturated heterocycles. The van der Waals surface area contributed by atoms with Gasteiger partial charge in [-0.25, -0.2) is 4.79 Å². The highest BCUT2D eigenvalue weighted by atomic mass is 35.5. The summed E-state index contributed by atoms with van der Waals surface area (Å²) in [6, 6.07) is 14.1. The van der Waals surface area contributed by atoms with Gasteiger partial charge in [-0.15, -0.1) is 0 Å². The van der Waals surface area contributed by atoms with Crippen LogP contribution >= 0.6 is 11.6 Å². The number of ether oxygens (including phenoxy) is 2. The maximum atomic E-state index is 12.2. The van der Waals surface area contributed by atoms with Crippen LogP contribution in [0.2, 0.25) is 5.02 Å². The van der Waals surface area contributed by atoms with Gasteiger partial charge in [0.2, 0.25) is 0 Å². The van der Waals surface area contributed by atoms with Crippen molar-refractivity contribution in [1.82, 2.24) is 4.90 Å². The van der Waals surface area contributed by atoms with Crippen LogP contribution in [0, 0.1) is 6.92 Å². The molecule has 0 atom stereocenters. The molecule has 0 N–H and O–H groups in total. The first-order valence-electron chi connectivity index (χ1n) is 10.4. The summed E-state index contributed by atoms with van der Waals surface area (Å²) in [7, 11) is 2.00. The molecule has 0 unspecified atom stereocenters. The Labute approximate surface area is 184 Å². The number of benzene rings is 2. The van der Waals surface area contributed by atoms with Crippen molar-refractivity contribution in [2.24, 2.45) is 0 Å². The number of anilines is 2. The lowest BCUT2D eigenvalue weighted by Gasteiger charge is -2.33. The summed E-state index contributed by atoms with van der Waals surface area (Å²) in [6.07, 6.45) is 1.39. The molecule has 1 heterocycles. The van der Waals surface area contributed by atoms with Crippen molar-refractivity contribution < 1.29 is 14.3 Å². The van der Waals surface area contributed by atoms with E-state index in [9.17, 15) is 4.79 Å². The number of halogens is 1. The third-order valence-corrected chi connectivity index (χ3v) is 5.37. The molecule has 0 bridgehead atoms. The van der Waals surface area contributed by atoms with Gasteiger partial charge in [0, 0.05) is 44.7 Å². The van der Waals surface area contributed by atoms with Gasteiger partial charge in [-0.05, 0) is 57.5 Å². The van der Waals surface area contributed by atoms with E-state index >= 15 is 0 Å². The number of carbonyl (C=O) groups is 1. The highest BCUT2D eigenvalue weighted by Gasteiger charge is 2.27. The predicted octanol–water partition coefficient (Wildman–Crippen LogP) is 6.19. The lowest BCUT2D eigenvalue weighted by Crippen LogP contribution is -2.44. The molecule has 162 valence electrons. The van der Waals surface area contributed by atoms with Crippen molar-refractivity contribution >= 4 is 29.1 Å². The van der Waals surface area contributed by atoms with Gasteiger partial charge in [0.1, 0.15) is 17.5 Å². The highest BCUT2D eigenvalue weighted by molar-refractivity contribution is 6.33. The Morgan fingerprint density at radius 2 is 1.83 bits per heavy atom. The average Bonchev–Trinajstić information content (AvgIpc) is 2.67. The van der Waals surface area contributed by atoms with Crippen LogP contribution in [0.1, 0.15) is 39.2 Å². The Hall–Kier alpha value is -2.40. The molecule has 1 fully saturated rings. The third-order valence-electron chi connectivity index (χ3n) is 5.07. The summed E-state index contributed by atoms with van der Waals surface area (Å²) in [6.45, 7) is 8.95. The number of carbonyl (C=O) groups excluding carboxylic acids is 1. The quantitative estimate of drug-likeness (QED) is 0.579. The summed E-state index contributed by atoms with van der Waals surface area (Å²) in [4.78, 5) is 16.0. The molecular formula is C24H31ClN2O3. The number of nitrogens with zero attached hydrogens (tertiary/aromatic N) is 2. The molecule has 0 aromatic heterocycles. The Bertz CT molecular complexity index is 886. The topological polar surface area (TPSA) is 42.0 Å². The van der Waals surface area contributed by atoms with Crippen LogP contribution in [0.3, 0.4) is 0 Å². The number of piperidine rings is 1. The molecular weight excluding hydrogens is 400 g/mol. The molecule has 1 aliphatic heterocycles. The van der Waals surface area contributed by atoms with Crippen LogP contribution in [0.15, 0.2) is 42.5 Å². The van der Waals surface area contributed by atoms with E-state index in [1.54, 1.807) is 4.90 Å². The summed E-state index contributed by atoms with van der Waals surface area (Å²) >= 11 is 6.43. The van der Waals surface area contributed by atoms with Crippen LogP contribution in [-0.2, 0) is 4.74 Å². The zero-order valence-electron chi connectivity index (χ0n) is 18.4. The smallest absolute Gasteiger partial charge is 0.410 e. The van der Waals surface area contributed by atoms with Crippen molar-refractivity contribution in [3.63, 3.8) is 0 Å². The first kappa shape index (κ1) is 22.3. The number of amides is 1. The van der Waals surface area contributed by atoms with E-state index < -0.39 is 5.60 Å². The van der Waals surface area contributed by atoms with Gasteiger partial charge in [-0.1, -0.05) is 23.7 Å². The molecule has 0 spiro atoms. The van der Waals surface area contributed by atoms with E-state index in [4.69, 9.17) is 21.1 Å². The molecule has 0 saturated carbocycles. The van der Waals surface area contributed by atoms with Crippen molar-refractivity contribution in [3.05, 3.63) is 53.1 Å². The first-order chi connectivity index (χ1) is 14.1. The standard InChI is InChI=1S/C24H31ClN2O3/c1-17-9-10-22(21(25)15-17)26(5)18-7-6-8-20(16-18)29-19-11-13-27(14-12-19)23(28)30-24(2,3)4/h6-10,15-16,19H,11-14H2,1-5H3. The number of rotatable bonds is 4. The van der Waals surface area contributed by atoms with E-state index in [-0.39, 0.29) is 12.2 Å². The summed E-state index contributed by atoms with van der Waals surface area (Å²) in [5.41, 5.74) is 2.61. The zero-order valence-corrected chi connectivity index (χ0v) is 19.2. The Morgan fingerprint density at radius 1 is 1.13 bits per heavy atom. The Morgan fingerprint density at radius 3 is 2.47 bits per heavy atom. The lowest BCUT2D eigenvalue weighted by atomic mass is 10.1. The SMILES string of the molecule is Cc1ccc(N(C)c2cccc(OC3CCN(C(=O)OC(C)(C)C)CC3)c2)c(Cl)c1. The third kappa shape index (κ3) is 5.82. The molecule has 30 heavy (non-hydrogen) atoms. The number of hydrogen-bond acceptors (Lipinski definition) is 4. The van der Waals surface area contributed by atoms with E-state index in [1.807, 2.05) is 71.1 Å². The maximum absolute atomic E-state index is 12.2. The van der Waals surface area contributed by atoms with Gasteiger partial charge >= 0.3 is 6.09 Å². The van der Waals surface area contributed by atoms with Gasteiger partial charge in [-0.3, -0.25) is 0 Å². The average molecular weight is 431 g/mol. The number of aryl methyl sites for hydroxylation is 1. The van der Waals surface area contributed by atoms with Crippen LogP contribution in [0.25, 0.3) is 0 Å². The molecule has 2 aromatic carbocycles. The van der Waals surface area contributed by atoms with Gasteiger partial charge in [0.25, 0.3) is 0 Å². The molecule has 3 rings (SSSR count). The van der Waals surface area contributed by atoms with E-state index in [1.165, 1.54) is 0 Å². The summed E-state index contributed by atoms with van der Waals surface area (Å²) < 4.78 is 11.7. The maximum Gasteiger partial charge on any atom is 0.410 e. The number of likely N-dealkylation sites (tertiary alicyclic amines) is 1. The monoisotopic (exact) mass is 430 g/mol. The van der Waals surface area contributed by atoms with E-state index in [0.717, 1.165) is 40.6 Å². The lowest BCUT2D eigenvalue weighted by molar-refractivity contribution is 0.0126. The van der Waals surface area contributed by atoms with Crippen LogP contribution in [0.4, 0.5) is 16.2 Å². The number of hydrogen-bond donors (Lipinski definition) is 0. The molecule has 5 nitrogen and oxygen atoms in total. The van der Waals surface area contributed by atoms with Crippen molar-refractivity contribution in [3.8, 4) is 5.75 Å². The van der Waals surface area contributed by atoms with Gasteiger partial charge in [0.05, 0.1) is 10.7 Å². The van der Waals surface area contributed by atoms with Gasteiger partial charge in [0.15, 0.2) is 0 Å². The molecule has 0 radical (unpaired) electrons. The van der Waals surface area contributed by atoms with Crippen molar-refractivity contribution in [1.29, 1.82) is 0 Å². The first-order valence-corrected chi connectivity index (χ1v) is 10.7. The molecule has 1 amide bonds. The Balaban J connectivity index is 1.60. The van der Waals surface area contributed by atoms with Crippen LogP contribution in [-0.4, -0.2) is 42.8 Å². The Kier molecular flexibility index (Phi) is 6.81. The minimum atomic E-state index is -0.475. The van der Waals surface area contributed by atoms with Gasteiger partial charge < -0.3 is 19.3 Å². The van der Waals surface area contributed by atoms with Crippen LogP contribution < -0.4 is 9.64 Å². The minimum Gasteiger partial charge on any atom is -0.490 e. The predicted molar refractivity (Wildman–Crippen MR) is 122 cm³/mol. The molecule has 1 aliphatic rings. The second kappa shape index (κ2) is 9.17. The van der Waals surface area contributed by atoms with E-state index in [0.29, 0.717) is 13.1 Å². The van der Waals surface area contributed by atoms with Crippen LogP contribution in [0.5, 0.6) is 5.75 Å². The zero-order chi connectivity index (χ0) is 21.9. The molecule has 2 aromatic rings. The molecule has 0 aliphatic carbocycles. The second-order valence-electron chi connectivity index (χ2n) is 8.80. The summed E-state index contributed by atoms with van der Waals surface area (Å²) in [5, 5.41) is 0.721. The van der Waals surface area contributed by atoms with Crippen molar-refractivity contribution in [2.45, 2.75) is 52.2 Å². The van der Waals surface area contributed by atoms with Gasteiger partial charge in [-0.2, -0.15) is 0 Å². The molecule has 6 heteroatoms. The summed E-state index contributed by atoms with van der Waals surface area (Å²) in [5.74, 6) is 0.818. The fraction of sp³-hybridized carbons (Fsp3) is 0.458. The second-order valence-corrected chi connectivity index (χ2v) is 9.20. The fourth-order valence-corrected chi connectivity index (χ4v) is 3.83. The minimum absolute atomic E-state index is 0.0761. The normalized spacial score (nSPS) is 15.1. The van der Waals surface area contributed by atoms with Crippen molar-refractivity contribution in [2.75, 3.05) is 25.0 Å².